The number of nitrogens with one attached hydrogen (secondary N) is 1. The number of nitrogens with zero attached hydrogens (tertiary/aromatic N) is 1. The summed E-state index contributed by atoms with van der Waals surface area (Å²) in [6.45, 7) is 0.153. The predicted octanol–water partition coefficient (Wildman–Crippen LogP) is 2.34. The third kappa shape index (κ3) is 3.55. The van der Waals surface area contributed by atoms with Crippen molar-refractivity contribution in [3.63, 3.8) is 0 Å². The van der Waals surface area contributed by atoms with Gasteiger partial charge in [0.15, 0.2) is 0 Å². The van der Waals surface area contributed by atoms with Crippen LogP contribution in [0, 0.1) is 0 Å². The maximum absolute atomic E-state index is 12.8. The minimum Gasteiger partial charge on any atom is -0.532 e. The lowest BCUT2D eigenvalue weighted by atomic mass is 9.85. The quantitative estimate of drug-likeness (QED) is 0.622. The van der Waals surface area contributed by atoms with E-state index in [0.717, 1.165) is 21.9 Å². The molecular formula is C20H18BN3O3. The van der Waals surface area contributed by atoms with Gasteiger partial charge in [-0.05, 0) is 41.2 Å². The fourth-order valence-electron chi connectivity index (χ4n) is 3.15. The smallest absolute Gasteiger partial charge is 0.532 e. The van der Waals surface area contributed by atoms with Crippen molar-refractivity contribution in [1.82, 2.24) is 4.98 Å². The van der Waals surface area contributed by atoms with Gasteiger partial charge >= 0.3 is 7.12 Å². The van der Waals surface area contributed by atoms with E-state index < -0.39 is 13.0 Å². The molecule has 4 rings (SSSR count). The summed E-state index contributed by atoms with van der Waals surface area (Å²) in [6, 6.07) is 13.0. The van der Waals surface area contributed by atoms with E-state index in [9.17, 15) is 9.82 Å². The summed E-state index contributed by atoms with van der Waals surface area (Å²) in [5.74, 6) is 1.37. The molecule has 1 atom stereocenters. The molecule has 0 radical (unpaired) electrons. The van der Waals surface area contributed by atoms with Crippen LogP contribution in [-0.4, -0.2) is 29.6 Å². The fourth-order valence-corrected chi connectivity index (χ4v) is 3.15. The molecule has 1 aromatic heterocycles. The van der Waals surface area contributed by atoms with Crippen molar-refractivity contribution in [3.05, 3.63) is 72.0 Å². The first-order valence-corrected chi connectivity index (χ1v) is 8.65. The standard InChI is InChI=1S/C20H18BN3O3/c22-11-18(15-2-1-13-5-7-21(26)27-19(13)10-15)20(25)24-17-4-3-16-12-23-8-6-14(16)9-17/h1-10,12,18,26H,11,22H2,(H,24,25). The van der Waals surface area contributed by atoms with Gasteiger partial charge in [-0.3, -0.25) is 9.78 Å². The number of rotatable bonds is 4. The Kier molecular flexibility index (Phi) is 4.62. The number of aromatic nitrogens is 1. The van der Waals surface area contributed by atoms with Gasteiger partial charge in [0.25, 0.3) is 0 Å². The molecule has 0 bridgehead atoms. The average Bonchev–Trinajstić information content (AvgIpc) is 2.68. The van der Waals surface area contributed by atoms with E-state index in [1.807, 2.05) is 36.4 Å². The van der Waals surface area contributed by atoms with Gasteiger partial charge in [0.2, 0.25) is 5.91 Å². The Labute approximate surface area is 156 Å². The number of amides is 1. The average molecular weight is 359 g/mol. The number of pyridine rings is 1. The van der Waals surface area contributed by atoms with Gasteiger partial charge in [0, 0.05) is 35.6 Å². The molecule has 1 aliphatic rings. The first-order chi connectivity index (χ1) is 13.1. The highest BCUT2D eigenvalue weighted by Gasteiger charge is 2.23. The monoisotopic (exact) mass is 359 g/mol. The zero-order valence-electron chi connectivity index (χ0n) is 14.5. The van der Waals surface area contributed by atoms with Crippen LogP contribution in [0.5, 0.6) is 5.75 Å². The Morgan fingerprint density at radius 3 is 2.96 bits per heavy atom. The Bertz CT molecular complexity index is 1040. The molecule has 0 saturated carbocycles. The molecule has 2 heterocycles. The summed E-state index contributed by atoms with van der Waals surface area (Å²) in [7, 11) is -0.981. The van der Waals surface area contributed by atoms with Gasteiger partial charge in [-0.25, -0.2) is 0 Å². The Hall–Kier alpha value is -3.16. The molecule has 1 amide bonds. The minimum absolute atomic E-state index is 0.153. The van der Waals surface area contributed by atoms with Crippen LogP contribution in [0.1, 0.15) is 17.0 Å². The largest absolute Gasteiger partial charge is 0.552 e. The first kappa shape index (κ1) is 17.3. The molecule has 134 valence electrons. The molecule has 0 spiro atoms. The van der Waals surface area contributed by atoms with Crippen LogP contribution in [0.4, 0.5) is 5.69 Å². The van der Waals surface area contributed by atoms with E-state index in [4.69, 9.17) is 10.4 Å². The molecule has 1 aliphatic heterocycles. The molecule has 7 heteroatoms. The van der Waals surface area contributed by atoms with Crippen molar-refractivity contribution < 1.29 is 14.5 Å². The van der Waals surface area contributed by atoms with Gasteiger partial charge < -0.3 is 20.7 Å². The summed E-state index contributed by atoms with van der Waals surface area (Å²) < 4.78 is 5.40. The van der Waals surface area contributed by atoms with Crippen LogP contribution in [0.2, 0.25) is 0 Å². The second-order valence-electron chi connectivity index (χ2n) is 6.38. The highest BCUT2D eigenvalue weighted by molar-refractivity contribution is 6.51. The van der Waals surface area contributed by atoms with Crippen molar-refractivity contribution in [2.45, 2.75) is 5.92 Å². The van der Waals surface area contributed by atoms with Crippen molar-refractivity contribution in [2.75, 3.05) is 11.9 Å². The summed E-state index contributed by atoms with van der Waals surface area (Å²) in [4.78, 5) is 16.9. The highest BCUT2D eigenvalue weighted by Crippen LogP contribution is 2.29. The lowest BCUT2D eigenvalue weighted by Crippen LogP contribution is -2.28. The van der Waals surface area contributed by atoms with Crippen molar-refractivity contribution >= 4 is 35.6 Å². The number of nitrogens with two attached hydrogens (primary N) is 1. The van der Waals surface area contributed by atoms with Crippen molar-refractivity contribution in [2.24, 2.45) is 5.73 Å². The number of fused-ring (bicyclic) bond motifs is 2. The SMILES string of the molecule is NCC(C(=O)Nc1ccc2cnccc2c1)c1ccc2c(c1)OB(O)C=C2. The zero-order valence-corrected chi connectivity index (χ0v) is 14.5. The molecule has 27 heavy (non-hydrogen) atoms. The minimum atomic E-state index is -0.981. The highest BCUT2D eigenvalue weighted by atomic mass is 16.5. The molecule has 0 aliphatic carbocycles. The van der Waals surface area contributed by atoms with E-state index >= 15 is 0 Å². The second-order valence-corrected chi connectivity index (χ2v) is 6.38. The molecule has 0 saturated heterocycles. The lowest BCUT2D eigenvalue weighted by molar-refractivity contribution is -0.117. The van der Waals surface area contributed by atoms with Gasteiger partial charge in [-0.15, -0.1) is 0 Å². The van der Waals surface area contributed by atoms with Crippen molar-refractivity contribution in [3.8, 4) is 5.75 Å². The Balaban J connectivity index is 1.57. The van der Waals surface area contributed by atoms with E-state index in [-0.39, 0.29) is 12.5 Å². The molecule has 1 unspecified atom stereocenters. The second kappa shape index (κ2) is 7.22. The predicted molar refractivity (Wildman–Crippen MR) is 106 cm³/mol. The summed E-state index contributed by atoms with van der Waals surface area (Å²) >= 11 is 0. The molecular weight excluding hydrogens is 341 g/mol. The Morgan fingerprint density at radius 2 is 2.11 bits per heavy atom. The third-order valence-corrected chi connectivity index (χ3v) is 4.59. The van der Waals surface area contributed by atoms with Crippen LogP contribution in [0.15, 0.2) is 60.8 Å². The van der Waals surface area contributed by atoms with Crippen molar-refractivity contribution in [1.29, 1.82) is 0 Å². The molecule has 2 aromatic carbocycles. The maximum atomic E-state index is 12.8. The fraction of sp³-hybridized carbons (Fsp3) is 0.100. The third-order valence-electron chi connectivity index (χ3n) is 4.59. The number of carbonyl (C=O) groups is 1. The first-order valence-electron chi connectivity index (χ1n) is 8.65. The molecule has 4 N–H and O–H groups in total. The van der Waals surface area contributed by atoms with Crippen LogP contribution < -0.4 is 15.7 Å². The van der Waals surface area contributed by atoms with E-state index in [1.165, 1.54) is 0 Å². The molecule has 3 aromatic rings. The van der Waals surface area contributed by atoms with E-state index in [0.29, 0.717) is 11.4 Å². The summed E-state index contributed by atoms with van der Waals surface area (Å²) in [6.07, 6.45) is 5.28. The van der Waals surface area contributed by atoms with Gasteiger partial charge in [-0.2, -0.15) is 0 Å². The van der Waals surface area contributed by atoms with E-state index in [1.54, 1.807) is 30.5 Å². The number of anilines is 1. The Morgan fingerprint density at radius 1 is 1.22 bits per heavy atom. The van der Waals surface area contributed by atoms with E-state index in [2.05, 4.69) is 10.3 Å². The van der Waals surface area contributed by atoms with Crippen LogP contribution in [0.25, 0.3) is 16.8 Å². The summed E-state index contributed by atoms with van der Waals surface area (Å²) in [5, 5.41) is 14.5. The zero-order chi connectivity index (χ0) is 18.8. The normalized spacial score (nSPS) is 13.8. The van der Waals surface area contributed by atoms with Crippen LogP contribution >= 0.6 is 0 Å². The molecule has 0 fully saturated rings. The number of benzene rings is 2. The molecule has 6 nitrogen and oxygen atoms in total. The topological polar surface area (TPSA) is 97.5 Å². The number of carbonyl (C=O) groups excluding carboxylic acids is 1. The lowest BCUT2D eigenvalue weighted by Gasteiger charge is -2.20. The van der Waals surface area contributed by atoms with Crippen LogP contribution in [-0.2, 0) is 4.79 Å². The number of hydrogen-bond acceptors (Lipinski definition) is 5. The van der Waals surface area contributed by atoms with Gasteiger partial charge in [-0.1, -0.05) is 24.3 Å². The summed E-state index contributed by atoms with van der Waals surface area (Å²) in [5.41, 5.74) is 8.17. The maximum Gasteiger partial charge on any atom is 0.552 e. The van der Waals surface area contributed by atoms with Crippen LogP contribution in [0.3, 0.4) is 0 Å². The van der Waals surface area contributed by atoms with Gasteiger partial charge in [0.1, 0.15) is 5.75 Å². The number of hydrogen-bond donors (Lipinski definition) is 3. The van der Waals surface area contributed by atoms with Gasteiger partial charge in [0.05, 0.1) is 5.92 Å².